The second-order valence-electron chi connectivity index (χ2n) is 4.10. The molecule has 4 nitrogen and oxygen atoms in total. The molecule has 20 heavy (non-hydrogen) atoms. The number of nitrogens with zero attached hydrogens (tertiary/aromatic N) is 1. The Hall–Kier alpha value is -1.91. The van der Waals surface area contributed by atoms with Crippen molar-refractivity contribution in [3.8, 4) is 0 Å². The Morgan fingerprint density at radius 2 is 1.90 bits per heavy atom. The van der Waals surface area contributed by atoms with E-state index in [1.165, 1.54) is 0 Å². The minimum Gasteiger partial charge on any atom is -0.409 e. The van der Waals surface area contributed by atoms with Gasteiger partial charge in [0, 0.05) is 12.1 Å². The molecule has 0 atom stereocenters. The molecule has 0 aliphatic heterocycles. The summed E-state index contributed by atoms with van der Waals surface area (Å²) in [5.41, 5.74) is 7.93. The summed E-state index contributed by atoms with van der Waals surface area (Å²) in [6, 6.07) is 12.7. The van der Waals surface area contributed by atoms with Crippen LogP contribution in [0.3, 0.4) is 0 Å². The van der Waals surface area contributed by atoms with Crippen molar-refractivity contribution in [1.82, 2.24) is 0 Å². The summed E-state index contributed by atoms with van der Waals surface area (Å²) in [6.45, 7) is 0.479. The number of halogens is 2. The Morgan fingerprint density at radius 3 is 2.65 bits per heavy atom. The Labute approximate surface area is 126 Å². The lowest BCUT2D eigenvalue weighted by atomic mass is 10.1. The molecule has 0 bridgehead atoms. The quantitative estimate of drug-likeness (QED) is 0.349. The fraction of sp³-hybridized carbons (Fsp3) is 0.0714. The van der Waals surface area contributed by atoms with Crippen LogP contribution in [0.4, 0.5) is 5.69 Å². The smallest absolute Gasteiger partial charge is 0.170 e. The summed E-state index contributed by atoms with van der Waals surface area (Å²) in [7, 11) is 0. The van der Waals surface area contributed by atoms with Crippen LogP contribution in [0.5, 0.6) is 0 Å². The van der Waals surface area contributed by atoms with Gasteiger partial charge in [0.15, 0.2) is 5.84 Å². The van der Waals surface area contributed by atoms with Gasteiger partial charge in [0.1, 0.15) is 0 Å². The first kappa shape index (κ1) is 14.5. The predicted octanol–water partition coefficient (Wildman–Crippen LogP) is 3.70. The summed E-state index contributed by atoms with van der Waals surface area (Å²) in [5.74, 6) is 0.0691. The maximum atomic E-state index is 8.78. The fourth-order valence-electron chi connectivity index (χ4n) is 1.81. The third kappa shape index (κ3) is 3.15. The third-order valence-corrected chi connectivity index (χ3v) is 3.64. The van der Waals surface area contributed by atoms with Gasteiger partial charge in [-0.25, -0.2) is 0 Å². The molecule has 0 radical (unpaired) electrons. The van der Waals surface area contributed by atoms with Gasteiger partial charge in [-0.1, -0.05) is 58.7 Å². The lowest BCUT2D eigenvalue weighted by Gasteiger charge is -2.12. The average molecular weight is 310 g/mol. The maximum Gasteiger partial charge on any atom is 0.170 e. The lowest BCUT2D eigenvalue weighted by Crippen LogP contribution is -2.16. The van der Waals surface area contributed by atoms with Gasteiger partial charge in [0.25, 0.3) is 0 Å². The number of anilines is 1. The molecule has 0 spiro atoms. The minimum atomic E-state index is 0.0691. The number of hydrogen-bond acceptors (Lipinski definition) is 3. The van der Waals surface area contributed by atoms with Crippen LogP contribution in [0.15, 0.2) is 47.6 Å². The largest absolute Gasteiger partial charge is 0.409 e. The summed E-state index contributed by atoms with van der Waals surface area (Å²) >= 11 is 12.1. The first-order valence-electron chi connectivity index (χ1n) is 5.87. The molecular formula is C14H13Cl2N3O. The van der Waals surface area contributed by atoms with Crippen LogP contribution < -0.4 is 11.1 Å². The molecule has 0 aromatic heterocycles. The first-order chi connectivity index (χ1) is 9.63. The van der Waals surface area contributed by atoms with E-state index in [0.717, 1.165) is 11.3 Å². The zero-order valence-corrected chi connectivity index (χ0v) is 12.0. The van der Waals surface area contributed by atoms with E-state index in [-0.39, 0.29) is 5.84 Å². The number of hydrogen-bond donors (Lipinski definition) is 3. The van der Waals surface area contributed by atoms with E-state index in [1.807, 2.05) is 30.3 Å². The summed E-state index contributed by atoms with van der Waals surface area (Å²) in [4.78, 5) is 0. The molecule has 104 valence electrons. The van der Waals surface area contributed by atoms with Gasteiger partial charge in [0.05, 0.1) is 15.7 Å². The van der Waals surface area contributed by atoms with E-state index in [1.54, 1.807) is 12.1 Å². The minimum absolute atomic E-state index is 0.0691. The van der Waals surface area contributed by atoms with Crippen molar-refractivity contribution in [3.63, 3.8) is 0 Å². The molecule has 0 saturated carbocycles. The molecule has 2 aromatic rings. The fourth-order valence-corrected chi connectivity index (χ4v) is 2.18. The molecule has 4 N–H and O–H groups in total. The number of amidine groups is 1. The molecule has 0 amide bonds. The predicted molar refractivity (Wildman–Crippen MR) is 82.7 cm³/mol. The number of oxime groups is 1. The monoisotopic (exact) mass is 309 g/mol. The highest BCUT2D eigenvalue weighted by atomic mass is 35.5. The van der Waals surface area contributed by atoms with Crippen molar-refractivity contribution >= 4 is 34.7 Å². The van der Waals surface area contributed by atoms with Gasteiger partial charge in [-0.05, 0) is 17.7 Å². The Balaban J connectivity index is 2.21. The van der Waals surface area contributed by atoms with E-state index in [2.05, 4.69) is 10.5 Å². The van der Waals surface area contributed by atoms with Crippen molar-refractivity contribution < 1.29 is 5.21 Å². The van der Waals surface area contributed by atoms with Crippen molar-refractivity contribution in [2.45, 2.75) is 6.54 Å². The number of benzene rings is 2. The van der Waals surface area contributed by atoms with Crippen LogP contribution >= 0.6 is 23.2 Å². The molecule has 0 fully saturated rings. The van der Waals surface area contributed by atoms with Crippen molar-refractivity contribution in [2.75, 3.05) is 5.32 Å². The standard InChI is InChI=1S/C14H13Cl2N3O/c15-11-6-3-7-12(13(11)16)18-8-9-4-1-2-5-10(9)14(17)19-20/h1-7,18,20H,8H2,(H2,17,19). The van der Waals surface area contributed by atoms with E-state index in [9.17, 15) is 0 Å². The molecule has 0 aliphatic rings. The normalized spacial score (nSPS) is 11.4. The molecule has 0 saturated heterocycles. The van der Waals surface area contributed by atoms with Gasteiger partial charge < -0.3 is 16.3 Å². The highest BCUT2D eigenvalue weighted by molar-refractivity contribution is 6.43. The molecule has 2 rings (SSSR count). The first-order valence-corrected chi connectivity index (χ1v) is 6.62. The van der Waals surface area contributed by atoms with E-state index < -0.39 is 0 Å². The molecular weight excluding hydrogens is 297 g/mol. The van der Waals surface area contributed by atoms with Gasteiger partial charge in [-0.2, -0.15) is 0 Å². The maximum absolute atomic E-state index is 8.78. The summed E-state index contributed by atoms with van der Waals surface area (Å²) < 4.78 is 0. The van der Waals surface area contributed by atoms with Crippen molar-refractivity contribution in [2.24, 2.45) is 10.9 Å². The number of nitrogens with one attached hydrogen (secondary N) is 1. The van der Waals surface area contributed by atoms with Crippen LogP contribution in [0.2, 0.25) is 10.0 Å². The van der Waals surface area contributed by atoms with E-state index in [4.69, 9.17) is 34.1 Å². The second kappa shape index (κ2) is 6.50. The summed E-state index contributed by atoms with van der Waals surface area (Å²) in [6.07, 6.45) is 0. The van der Waals surface area contributed by atoms with Gasteiger partial charge >= 0.3 is 0 Å². The van der Waals surface area contributed by atoms with E-state index >= 15 is 0 Å². The van der Waals surface area contributed by atoms with Gasteiger partial charge in [-0.3, -0.25) is 0 Å². The Morgan fingerprint density at radius 1 is 1.15 bits per heavy atom. The topological polar surface area (TPSA) is 70.6 Å². The second-order valence-corrected chi connectivity index (χ2v) is 4.88. The van der Waals surface area contributed by atoms with Gasteiger partial charge in [0.2, 0.25) is 0 Å². The molecule has 0 heterocycles. The Kier molecular flexibility index (Phi) is 4.71. The third-order valence-electron chi connectivity index (χ3n) is 2.82. The van der Waals surface area contributed by atoms with Crippen LogP contribution in [-0.2, 0) is 6.54 Å². The molecule has 0 unspecified atom stereocenters. The Bertz CT molecular complexity index is 644. The van der Waals surface area contributed by atoms with Crippen LogP contribution in [0.25, 0.3) is 0 Å². The molecule has 6 heteroatoms. The van der Waals surface area contributed by atoms with E-state index in [0.29, 0.717) is 22.2 Å². The SMILES string of the molecule is NC(=NO)c1ccccc1CNc1cccc(Cl)c1Cl. The van der Waals surface area contributed by atoms with Crippen molar-refractivity contribution in [3.05, 3.63) is 63.6 Å². The zero-order valence-electron chi connectivity index (χ0n) is 10.5. The molecule has 2 aromatic carbocycles. The average Bonchev–Trinajstić information content (AvgIpc) is 2.48. The van der Waals surface area contributed by atoms with Crippen LogP contribution in [-0.4, -0.2) is 11.0 Å². The van der Waals surface area contributed by atoms with Crippen LogP contribution in [0, 0.1) is 0 Å². The summed E-state index contributed by atoms with van der Waals surface area (Å²) in [5, 5.41) is 15.9. The highest BCUT2D eigenvalue weighted by Gasteiger charge is 2.08. The van der Waals surface area contributed by atoms with Gasteiger partial charge in [-0.15, -0.1) is 0 Å². The molecule has 0 aliphatic carbocycles. The number of rotatable bonds is 4. The van der Waals surface area contributed by atoms with Crippen LogP contribution in [0.1, 0.15) is 11.1 Å². The number of nitrogens with two attached hydrogens (primary N) is 1. The highest BCUT2D eigenvalue weighted by Crippen LogP contribution is 2.29. The zero-order chi connectivity index (χ0) is 14.5. The lowest BCUT2D eigenvalue weighted by molar-refractivity contribution is 0.318. The van der Waals surface area contributed by atoms with Crippen molar-refractivity contribution in [1.29, 1.82) is 0 Å².